The van der Waals surface area contributed by atoms with Crippen LogP contribution in [0.1, 0.15) is 5.56 Å². The average Bonchev–Trinajstić information content (AvgIpc) is 2.95. The topological polar surface area (TPSA) is 52.6 Å². The number of hydrogen-bond donors (Lipinski definition) is 2. The van der Waals surface area contributed by atoms with E-state index >= 15 is 0 Å². The highest BCUT2D eigenvalue weighted by Crippen LogP contribution is 2.51. The second-order valence-electron chi connectivity index (χ2n) is 5.18. The molecular weight excluding hydrogens is 323 g/mol. The molecule has 2 aliphatic heterocycles. The Morgan fingerprint density at radius 2 is 1.86 bits per heavy atom. The number of nitrogens with one attached hydrogen (secondary N) is 1. The average molecular weight is 333 g/mol. The number of rotatable bonds is 1. The van der Waals surface area contributed by atoms with Crippen molar-refractivity contribution < 1.29 is 9.90 Å². The first-order valence-corrected chi connectivity index (χ1v) is 7.38. The summed E-state index contributed by atoms with van der Waals surface area (Å²) in [6.07, 6.45) is 1.47. The molecule has 1 amide bonds. The van der Waals surface area contributed by atoms with Gasteiger partial charge in [0.25, 0.3) is 5.91 Å². The monoisotopic (exact) mass is 332 g/mol. The zero-order chi connectivity index (χ0) is 15.5. The van der Waals surface area contributed by atoms with Gasteiger partial charge in [-0.3, -0.25) is 9.69 Å². The van der Waals surface area contributed by atoms with Crippen LogP contribution >= 0.6 is 23.2 Å². The fraction of sp³-hybridized carbons (Fsp3) is 0.0625. The van der Waals surface area contributed by atoms with E-state index in [4.69, 9.17) is 23.2 Å². The Kier molecular flexibility index (Phi) is 2.71. The first-order chi connectivity index (χ1) is 10.5. The van der Waals surface area contributed by atoms with Crippen LogP contribution < -0.4 is 10.2 Å². The third-order valence-corrected chi connectivity index (χ3v) is 4.77. The summed E-state index contributed by atoms with van der Waals surface area (Å²) in [5.74, 6) is -0.800. The summed E-state index contributed by atoms with van der Waals surface area (Å²) in [5, 5.41) is 14.0. The van der Waals surface area contributed by atoms with E-state index in [-0.39, 0.29) is 5.76 Å². The summed E-state index contributed by atoms with van der Waals surface area (Å²) >= 11 is 12.5. The quantitative estimate of drug-likeness (QED) is 0.827. The van der Waals surface area contributed by atoms with E-state index in [0.717, 1.165) is 5.69 Å². The predicted molar refractivity (Wildman–Crippen MR) is 86.4 cm³/mol. The fourth-order valence-corrected chi connectivity index (χ4v) is 3.48. The largest absolute Gasteiger partial charge is 0.503 e. The van der Waals surface area contributed by atoms with Crippen molar-refractivity contribution in [2.75, 3.05) is 10.2 Å². The molecule has 0 bridgehead atoms. The third-order valence-electron chi connectivity index (χ3n) is 3.95. The van der Waals surface area contributed by atoms with Crippen LogP contribution in [0.15, 0.2) is 54.3 Å². The Morgan fingerprint density at radius 3 is 2.68 bits per heavy atom. The van der Waals surface area contributed by atoms with Crippen molar-refractivity contribution in [3.63, 3.8) is 0 Å². The Balaban J connectivity index is 2.00. The van der Waals surface area contributed by atoms with Crippen LogP contribution in [-0.2, 0) is 10.5 Å². The number of anilines is 2. The molecular formula is C16H10Cl2N2O2. The normalized spacial score (nSPS) is 22.2. The molecule has 22 heavy (non-hydrogen) atoms. The summed E-state index contributed by atoms with van der Waals surface area (Å²) in [5.41, 5.74) is 1.02. The minimum atomic E-state index is -1.06. The maximum absolute atomic E-state index is 12.4. The van der Waals surface area contributed by atoms with Crippen molar-refractivity contribution in [2.24, 2.45) is 0 Å². The molecule has 2 N–H and O–H groups in total. The highest BCUT2D eigenvalue weighted by atomic mass is 35.5. The van der Waals surface area contributed by atoms with Crippen LogP contribution in [0, 0.1) is 0 Å². The van der Waals surface area contributed by atoms with Gasteiger partial charge in [0.15, 0.2) is 11.4 Å². The number of para-hydroxylation sites is 2. The molecule has 2 heterocycles. The molecule has 0 saturated heterocycles. The lowest BCUT2D eigenvalue weighted by Crippen LogP contribution is -2.45. The van der Waals surface area contributed by atoms with Crippen LogP contribution in [0.5, 0.6) is 0 Å². The van der Waals surface area contributed by atoms with E-state index in [9.17, 15) is 9.90 Å². The summed E-state index contributed by atoms with van der Waals surface area (Å²) in [7, 11) is 0. The molecule has 0 aliphatic carbocycles. The van der Waals surface area contributed by atoms with Gasteiger partial charge in [-0.2, -0.15) is 0 Å². The van der Waals surface area contributed by atoms with Crippen LogP contribution in [0.25, 0.3) is 0 Å². The van der Waals surface area contributed by atoms with E-state index in [1.54, 1.807) is 18.2 Å². The van der Waals surface area contributed by atoms with Crippen molar-refractivity contribution in [2.45, 2.75) is 5.66 Å². The maximum atomic E-state index is 12.4. The van der Waals surface area contributed by atoms with E-state index in [2.05, 4.69) is 5.32 Å². The maximum Gasteiger partial charge on any atom is 0.295 e. The first-order valence-electron chi connectivity index (χ1n) is 6.63. The number of carbonyl (C=O) groups excluding carboxylic acids is 1. The van der Waals surface area contributed by atoms with Crippen LogP contribution in [0.3, 0.4) is 0 Å². The molecule has 0 radical (unpaired) electrons. The summed E-state index contributed by atoms with van der Waals surface area (Å²) in [4.78, 5) is 13.9. The molecule has 4 nitrogen and oxygen atoms in total. The second-order valence-corrected chi connectivity index (χ2v) is 5.97. The van der Waals surface area contributed by atoms with Gasteiger partial charge in [-0.1, -0.05) is 47.5 Å². The number of carbonyl (C=O) groups is 1. The molecule has 0 fully saturated rings. The smallest absolute Gasteiger partial charge is 0.295 e. The molecule has 0 aromatic heterocycles. The zero-order valence-electron chi connectivity index (χ0n) is 11.2. The van der Waals surface area contributed by atoms with Crippen LogP contribution in [0.2, 0.25) is 10.0 Å². The molecule has 0 saturated carbocycles. The predicted octanol–water partition coefficient (Wildman–Crippen LogP) is 4.06. The molecule has 0 spiro atoms. The van der Waals surface area contributed by atoms with Gasteiger partial charge in [-0.25, -0.2) is 0 Å². The number of nitrogens with zero attached hydrogens (tertiary/aromatic N) is 1. The first kappa shape index (κ1) is 13.5. The minimum absolute atomic E-state index is 0.321. The summed E-state index contributed by atoms with van der Waals surface area (Å²) in [6, 6.07) is 12.6. The number of aliphatic hydroxyl groups is 1. The second kappa shape index (κ2) is 4.41. The lowest BCUT2D eigenvalue weighted by Gasteiger charge is -2.32. The van der Waals surface area contributed by atoms with E-state index in [1.165, 1.54) is 11.0 Å². The highest BCUT2D eigenvalue weighted by Gasteiger charge is 2.53. The van der Waals surface area contributed by atoms with Crippen molar-refractivity contribution in [3.05, 3.63) is 69.9 Å². The SMILES string of the molecule is O=C1C(O)=C[C@@]2(c3cccc(Cl)c3Cl)Nc3ccccc3N12. The Hall–Kier alpha value is -2.17. The Morgan fingerprint density at radius 1 is 1.09 bits per heavy atom. The number of aliphatic hydroxyl groups excluding tert-OH is 1. The molecule has 6 heteroatoms. The van der Waals surface area contributed by atoms with E-state index in [1.807, 2.05) is 24.3 Å². The summed E-state index contributed by atoms with van der Waals surface area (Å²) in [6.45, 7) is 0. The van der Waals surface area contributed by atoms with E-state index in [0.29, 0.717) is 21.3 Å². The molecule has 0 unspecified atom stereocenters. The molecule has 110 valence electrons. The van der Waals surface area contributed by atoms with Gasteiger partial charge in [-0.15, -0.1) is 0 Å². The lowest BCUT2D eigenvalue weighted by atomic mass is 10.00. The standard InChI is InChI=1S/C16H10Cl2N2O2/c17-10-5-3-4-9(14(10)18)16-8-13(21)15(22)20(16)12-7-2-1-6-11(12)19-16/h1-8,19,21H/t16-/m1/s1. The number of benzene rings is 2. The van der Waals surface area contributed by atoms with Crippen molar-refractivity contribution >= 4 is 40.5 Å². The Labute approximate surface area is 136 Å². The van der Waals surface area contributed by atoms with Gasteiger partial charge >= 0.3 is 0 Å². The molecule has 1 atom stereocenters. The highest BCUT2D eigenvalue weighted by molar-refractivity contribution is 6.42. The Bertz CT molecular complexity index is 850. The molecule has 4 rings (SSSR count). The van der Waals surface area contributed by atoms with Gasteiger partial charge in [0.2, 0.25) is 0 Å². The van der Waals surface area contributed by atoms with Crippen LogP contribution in [-0.4, -0.2) is 11.0 Å². The minimum Gasteiger partial charge on any atom is -0.503 e. The number of halogens is 2. The van der Waals surface area contributed by atoms with Gasteiger partial charge < -0.3 is 10.4 Å². The van der Waals surface area contributed by atoms with Crippen LogP contribution in [0.4, 0.5) is 11.4 Å². The van der Waals surface area contributed by atoms with E-state index < -0.39 is 11.6 Å². The number of amides is 1. The van der Waals surface area contributed by atoms with Gasteiger partial charge in [0.1, 0.15) is 0 Å². The van der Waals surface area contributed by atoms with Crippen molar-refractivity contribution in [1.82, 2.24) is 0 Å². The van der Waals surface area contributed by atoms with Gasteiger partial charge in [0, 0.05) is 11.6 Å². The number of hydrogen-bond acceptors (Lipinski definition) is 3. The fourth-order valence-electron chi connectivity index (χ4n) is 3.03. The molecule has 2 aromatic carbocycles. The molecule has 2 aliphatic rings. The van der Waals surface area contributed by atoms with Crippen molar-refractivity contribution in [1.29, 1.82) is 0 Å². The van der Waals surface area contributed by atoms with Crippen molar-refractivity contribution in [3.8, 4) is 0 Å². The third kappa shape index (κ3) is 1.56. The molecule has 2 aromatic rings. The zero-order valence-corrected chi connectivity index (χ0v) is 12.7. The summed E-state index contributed by atoms with van der Waals surface area (Å²) < 4.78 is 0. The number of fused-ring (bicyclic) bond motifs is 3. The van der Waals surface area contributed by atoms with Gasteiger partial charge in [-0.05, 0) is 18.2 Å². The lowest BCUT2D eigenvalue weighted by molar-refractivity contribution is -0.117. The van der Waals surface area contributed by atoms with Gasteiger partial charge in [0.05, 0.1) is 21.4 Å².